The van der Waals surface area contributed by atoms with Crippen molar-refractivity contribution in [3.8, 4) is 0 Å². The van der Waals surface area contributed by atoms with E-state index in [0.717, 1.165) is 0 Å². The van der Waals surface area contributed by atoms with Crippen LogP contribution in [-0.2, 0) is 0 Å². The van der Waals surface area contributed by atoms with Gasteiger partial charge in [0.1, 0.15) is 11.6 Å². The summed E-state index contributed by atoms with van der Waals surface area (Å²) in [5.41, 5.74) is 6.19. The molecule has 2 rings (SSSR count). The highest BCUT2D eigenvalue weighted by Crippen LogP contribution is 2.28. The summed E-state index contributed by atoms with van der Waals surface area (Å²) in [6.07, 6.45) is -2.56. The van der Waals surface area contributed by atoms with Crippen molar-refractivity contribution in [2.24, 2.45) is 0 Å². The maximum atomic E-state index is 12.9. The summed E-state index contributed by atoms with van der Waals surface area (Å²) in [7, 11) is 0. The Labute approximate surface area is 113 Å². The van der Waals surface area contributed by atoms with Gasteiger partial charge in [-0.05, 0) is 18.6 Å². The zero-order valence-electron chi connectivity index (χ0n) is 10.8. The molecule has 0 fully saturated rings. The van der Waals surface area contributed by atoms with Crippen LogP contribution in [0.15, 0.2) is 18.3 Å². The number of pyridine rings is 1. The van der Waals surface area contributed by atoms with Gasteiger partial charge in [-0.15, -0.1) is 0 Å². The van der Waals surface area contributed by atoms with Crippen LogP contribution in [0, 0.1) is 0 Å². The number of nitrogens with one attached hydrogen (secondary N) is 1. The molecule has 0 aliphatic heterocycles. The SMILES string of the molecule is CCC[C@H](Nc1nc(N)nc2cccnc12)C(F)(F)F. The van der Waals surface area contributed by atoms with Crippen molar-refractivity contribution in [2.45, 2.75) is 32.0 Å². The second kappa shape index (κ2) is 5.48. The predicted octanol–water partition coefficient (Wildman–Crippen LogP) is 2.75. The minimum Gasteiger partial charge on any atom is -0.368 e. The van der Waals surface area contributed by atoms with Crippen molar-refractivity contribution in [3.63, 3.8) is 0 Å². The Balaban J connectivity index is 2.41. The summed E-state index contributed by atoms with van der Waals surface area (Å²) >= 11 is 0. The van der Waals surface area contributed by atoms with Crippen LogP contribution in [0.25, 0.3) is 11.0 Å². The van der Waals surface area contributed by atoms with Gasteiger partial charge in [-0.25, -0.2) is 4.98 Å². The minimum absolute atomic E-state index is 0.00359. The summed E-state index contributed by atoms with van der Waals surface area (Å²) in [6.45, 7) is 1.69. The second-order valence-electron chi connectivity index (χ2n) is 4.33. The van der Waals surface area contributed by atoms with E-state index >= 15 is 0 Å². The van der Waals surface area contributed by atoms with Crippen LogP contribution >= 0.6 is 0 Å². The molecule has 0 saturated heterocycles. The van der Waals surface area contributed by atoms with Gasteiger partial charge in [0.2, 0.25) is 5.95 Å². The molecule has 0 aromatic carbocycles. The normalized spacial score (nSPS) is 13.4. The Morgan fingerprint density at radius 2 is 2.10 bits per heavy atom. The summed E-state index contributed by atoms with van der Waals surface area (Å²) < 4.78 is 38.8. The van der Waals surface area contributed by atoms with Gasteiger partial charge in [-0.3, -0.25) is 4.98 Å². The van der Waals surface area contributed by atoms with E-state index in [2.05, 4.69) is 20.3 Å². The zero-order chi connectivity index (χ0) is 14.8. The molecular weight excluding hydrogens is 271 g/mol. The standard InChI is InChI=1S/C12H14F3N5/c1-2-4-8(12(13,14)15)19-10-9-7(5-3-6-17-9)18-11(16)20-10/h3,5-6,8H,2,4H2,1H3,(H3,16,18,19,20)/t8-/m0/s1. The fourth-order valence-electron chi connectivity index (χ4n) is 1.86. The lowest BCUT2D eigenvalue weighted by Gasteiger charge is -2.22. The maximum absolute atomic E-state index is 12.9. The number of fused-ring (bicyclic) bond motifs is 1. The fourth-order valence-corrected chi connectivity index (χ4v) is 1.86. The lowest BCUT2D eigenvalue weighted by molar-refractivity contribution is -0.143. The number of nitrogens with two attached hydrogens (primary N) is 1. The first-order chi connectivity index (χ1) is 9.41. The lowest BCUT2D eigenvalue weighted by atomic mass is 10.1. The zero-order valence-corrected chi connectivity index (χ0v) is 10.8. The number of hydrogen-bond donors (Lipinski definition) is 2. The average molecular weight is 285 g/mol. The van der Waals surface area contributed by atoms with Crippen molar-refractivity contribution in [1.82, 2.24) is 15.0 Å². The van der Waals surface area contributed by atoms with E-state index in [-0.39, 0.29) is 23.7 Å². The molecule has 0 aliphatic rings. The Morgan fingerprint density at radius 3 is 2.75 bits per heavy atom. The summed E-state index contributed by atoms with van der Waals surface area (Å²) in [4.78, 5) is 11.8. The molecule has 3 N–H and O–H groups in total. The molecule has 1 atom stereocenters. The number of aromatic nitrogens is 3. The summed E-state index contributed by atoms with van der Waals surface area (Å²) in [6, 6.07) is 1.56. The molecule has 0 unspecified atom stereocenters. The molecule has 0 spiro atoms. The lowest BCUT2D eigenvalue weighted by Crippen LogP contribution is -2.36. The Bertz CT molecular complexity index is 599. The van der Waals surface area contributed by atoms with Crippen LogP contribution in [0.4, 0.5) is 24.9 Å². The number of anilines is 2. The molecule has 5 nitrogen and oxygen atoms in total. The number of nitrogen functional groups attached to an aromatic ring is 1. The molecule has 108 valence electrons. The molecule has 0 saturated carbocycles. The van der Waals surface area contributed by atoms with Gasteiger partial charge in [0.25, 0.3) is 0 Å². The van der Waals surface area contributed by atoms with E-state index in [1.54, 1.807) is 19.1 Å². The minimum atomic E-state index is -4.36. The second-order valence-corrected chi connectivity index (χ2v) is 4.33. The van der Waals surface area contributed by atoms with Crippen LogP contribution < -0.4 is 11.1 Å². The van der Waals surface area contributed by atoms with Crippen LogP contribution in [0.3, 0.4) is 0 Å². The Hall–Kier alpha value is -2.12. The van der Waals surface area contributed by atoms with Gasteiger partial charge in [-0.2, -0.15) is 18.2 Å². The van der Waals surface area contributed by atoms with Crippen LogP contribution in [0.1, 0.15) is 19.8 Å². The van der Waals surface area contributed by atoms with Crippen LogP contribution in [-0.4, -0.2) is 27.2 Å². The van der Waals surface area contributed by atoms with Crippen molar-refractivity contribution in [2.75, 3.05) is 11.1 Å². The topological polar surface area (TPSA) is 76.7 Å². The first-order valence-electron chi connectivity index (χ1n) is 6.13. The number of nitrogens with zero attached hydrogens (tertiary/aromatic N) is 3. The van der Waals surface area contributed by atoms with E-state index in [1.165, 1.54) is 6.20 Å². The van der Waals surface area contributed by atoms with Crippen molar-refractivity contribution in [3.05, 3.63) is 18.3 Å². The molecule has 2 heterocycles. The first-order valence-corrected chi connectivity index (χ1v) is 6.13. The highest BCUT2D eigenvalue weighted by atomic mass is 19.4. The van der Waals surface area contributed by atoms with Gasteiger partial charge in [-0.1, -0.05) is 13.3 Å². The third kappa shape index (κ3) is 3.06. The van der Waals surface area contributed by atoms with Gasteiger partial charge in [0.05, 0.1) is 5.52 Å². The summed E-state index contributed by atoms with van der Waals surface area (Å²) in [5, 5.41) is 2.39. The van der Waals surface area contributed by atoms with E-state index < -0.39 is 12.2 Å². The monoisotopic (exact) mass is 285 g/mol. The molecular formula is C12H14F3N5. The Kier molecular flexibility index (Phi) is 3.91. The third-order valence-electron chi connectivity index (χ3n) is 2.76. The molecule has 2 aromatic heterocycles. The smallest absolute Gasteiger partial charge is 0.368 e. The van der Waals surface area contributed by atoms with E-state index in [9.17, 15) is 13.2 Å². The highest BCUT2D eigenvalue weighted by molar-refractivity contribution is 5.85. The molecule has 0 radical (unpaired) electrons. The van der Waals surface area contributed by atoms with E-state index in [1.807, 2.05) is 0 Å². The van der Waals surface area contributed by atoms with E-state index in [4.69, 9.17) is 5.73 Å². The molecule has 20 heavy (non-hydrogen) atoms. The Morgan fingerprint density at radius 1 is 1.35 bits per heavy atom. The molecule has 0 aliphatic carbocycles. The van der Waals surface area contributed by atoms with Gasteiger partial charge < -0.3 is 11.1 Å². The molecule has 8 heteroatoms. The average Bonchev–Trinajstić information content (AvgIpc) is 2.37. The predicted molar refractivity (Wildman–Crippen MR) is 70.1 cm³/mol. The number of alkyl halides is 3. The van der Waals surface area contributed by atoms with E-state index in [0.29, 0.717) is 11.9 Å². The number of rotatable bonds is 4. The highest BCUT2D eigenvalue weighted by Gasteiger charge is 2.39. The van der Waals surface area contributed by atoms with Gasteiger partial charge >= 0.3 is 6.18 Å². The quantitative estimate of drug-likeness (QED) is 0.903. The van der Waals surface area contributed by atoms with Gasteiger partial charge in [0.15, 0.2) is 5.82 Å². The largest absolute Gasteiger partial charge is 0.408 e. The van der Waals surface area contributed by atoms with Crippen molar-refractivity contribution >= 4 is 22.8 Å². The van der Waals surface area contributed by atoms with Crippen LogP contribution in [0.5, 0.6) is 0 Å². The van der Waals surface area contributed by atoms with Gasteiger partial charge in [0, 0.05) is 6.20 Å². The maximum Gasteiger partial charge on any atom is 0.408 e. The van der Waals surface area contributed by atoms with Crippen molar-refractivity contribution < 1.29 is 13.2 Å². The number of halogens is 3. The number of hydrogen-bond acceptors (Lipinski definition) is 5. The molecule has 0 bridgehead atoms. The fraction of sp³-hybridized carbons (Fsp3) is 0.417. The van der Waals surface area contributed by atoms with Crippen LogP contribution in [0.2, 0.25) is 0 Å². The molecule has 2 aromatic rings. The first kappa shape index (κ1) is 14.3. The van der Waals surface area contributed by atoms with Crippen molar-refractivity contribution in [1.29, 1.82) is 0 Å². The molecule has 0 amide bonds. The summed E-state index contributed by atoms with van der Waals surface area (Å²) in [5.74, 6) is -0.0886. The third-order valence-corrected chi connectivity index (χ3v) is 2.76.